The molecule has 0 rings (SSSR count). The van der Waals surface area contributed by atoms with E-state index in [0.717, 1.165) is 19.3 Å². The van der Waals surface area contributed by atoms with Gasteiger partial charge in [0.05, 0.1) is 39.9 Å². The SMILES string of the molecule is CCCCCCCCCCCCCCCCCCCCCCCCCCCCC/C=C/C(O)C(COP(=O)([O-])OCC[N+](C)(C)C)NC(=O)CCC. The highest BCUT2D eigenvalue weighted by molar-refractivity contribution is 7.45. The summed E-state index contributed by atoms with van der Waals surface area (Å²) in [5.74, 6) is -0.249. The molecular weight excluding hydrogens is 671 g/mol. The first kappa shape index (κ1) is 51.2. The van der Waals surface area contributed by atoms with Crippen LogP contribution in [-0.2, 0) is 18.4 Å². The monoisotopic (exact) mass is 759 g/mol. The molecule has 9 heteroatoms. The number of hydrogen-bond donors (Lipinski definition) is 2. The van der Waals surface area contributed by atoms with E-state index in [4.69, 9.17) is 9.05 Å². The van der Waals surface area contributed by atoms with Crippen LogP contribution in [0.25, 0.3) is 0 Å². The molecule has 0 fully saturated rings. The summed E-state index contributed by atoms with van der Waals surface area (Å²) in [4.78, 5) is 24.4. The van der Waals surface area contributed by atoms with Crippen LogP contribution >= 0.6 is 7.82 Å². The Kier molecular flexibility index (Phi) is 35.4. The minimum atomic E-state index is -4.55. The summed E-state index contributed by atoms with van der Waals surface area (Å²) in [6.45, 7) is 4.29. The van der Waals surface area contributed by atoms with E-state index < -0.39 is 20.0 Å². The second kappa shape index (κ2) is 35.9. The van der Waals surface area contributed by atoms with E-state index in [9.17, 15) is 19.4 Å². The molecule has 0 heterocycles. The molecule has 0 radical (unpaired) electrons. The third-order valence-electron chi connectivity index (χ3n) is 9.97. The van der Waals surface area contributed by atoms with Gasteiger partial charge in [0.2, 0.25) is 5.91 Å². The molecule has 0 spiro atoms. The number of aliphatic hydroxyl groups excluding tert-OH is 1. The predicted octanol–water partition coefficient (Wildman–Crippen LogP) is 11.3. The van der Waals surface area contributed by atoms with Crippen molar-refractivity contribution in [3.05, 3.63) is 12.2 Å². The second-order valence-corrected chi connectivity index (χ2v) is 17.8. The molecule has 2 N–H and O–H groups in total. The van der Waals surface area contributed by atoms with Crippen LogP contribution < -0.4 is 10.2 Å². The van der Waals surface area contributed by atoms with Gasteiger partial charge >= 0.3 is 0 Å². The van der Waals surface area contributed by atoms with Crippen molar-refractivity contribution >= 4 is 13.7 Å². The molecule has 0 bridgehead atoms. The normalized spacial score (nSPS) is 14.5. The predicted molar refractivity (Wildman–Crippen MR) is 219 cm³/mol. The Bertz CT molecular complexity index is 865. The third-order valence-corrected chi connectivity index (χ3v) is 10.9. The van der Waals surface area contributed by atoms with Gasteiger partial charge < -0.3 is 28.8 Å². The molecule has 0 aromatic carbocycles. The van der Waals surface area contributed by atoms with E-state index in [-0.39, 0.29) is 19.1 Å². The number of phosphoric ester groups is 1. The standard InChI is InChI=1S/C43H87N2O6P/c1-6-8-9-10-11-12-13-14-15-16-17-18-19-20-21-22-23-24-25-26-27-28-29-30-31-32-33-34-35-37-42(46)41(44-43(47)36-7-2)40-51-52(48,49)50-39-38-45(3,4)5/h35,37,41-42,46H,6-34,36,38-40H2,1-5H3,(H-,44,47,48,49)/b37-35+. The van der Waals surface area contributed by atoms with Crippen LogP contribution in [0.2, 0.25) is 0 Å². The van der Waals surface area contributed by atoms with Gasteiger partial charge in [0.15, 0.2) is 0 Å². The molecule has 0 saturated carbocycles. The number of rotatable bonds is 40. The minimum Gasteiger partial charge on any atom is -0.756 e. The summed E-state index contributed by atoms with van der Waals surface area (Å²) in [6.07, 6.45) is 41.6. The molecule has 0 aromatic rings. The van der Waals surface area contributed by atoms with Crippen molar-refractivity contribution in [1.82, 2.24) is 5.32 Å². The number of hydrogen-bond acceptors (Lipinski definition) is 6. The Labute approximate surface area is 322 Å². The zero-order chi connectivity index (χ0) is 38.6. The van der Waals surface area contributed by atoms with Gasteiger partial charge in [-0.05, 0) is 19.3 Å². The number of nitrogens with zero attached hydrogens (tertiary/aromatic N) is 1. The zero-order valence-electron chi connectivity index (χ0n) is 35.0. The molecule has 0 aliphatic heterocycles. The van der Waals surface area contributed by atoms with E-state index in [1.165, 1.54) is 161 Å². The van der Waals surface area contributed by atoms with Crippen molar-refractivity contribution in [2.45, 2.75) is 219 Å². The number of amides is 1. The first-order valence-corrected chi connectivity index (χ1v) is 23.5. The van der Waals surface area contributed by atoms with E-state index >= 15 is 0 Å². The van der Waals surface area contributed by atoms with Crippen LogP contribution in [0, 0.1) is 0 Å². The Hall–Kier alpha value is -0.760. The number of unbranched alkanes of at least 4 members (excludes halogenated alkanes) is 27. The fourth-order valence-electron chi connectivity index (χ4n) is 6.49. The van der Waals surface area contributed by atoms with Gasteiger partial charge in [-0.2, -0.15) is 0 Å². The Morgan fingerprint density at radius 1 is 0.654 bits per heavy atom. The van der Waals surface area contributed by atoms with E-state index in [2.05, 4.69) is 12.2 Å². The van der Waals surface area contributed by atoms with Crippen LogP contribution in [0.15, 0.2) is 12.2 Å². The van der Waals surface area contributed by atoms with Crippen molar-refractivity contribution < 1.29 is 32.9 Å². The van der Waals surface area contributed by atoms with Gasteiger partial charge in [0.25, 0.3) is 7.82 Å². The first-order valence-electron chi connectivity index (χ1n) is 22.1. The fraction of sp³-hybridized carbons (Fsp3) is 0.930. The maximum atomic E-state index is 12.2. The average molecular weight is 759 g/mol. The smallest absolute Gasteiger partial charge is 0.268 e. The number of likely N-dealkylation sites (N-methyl/N-ethyl adjacent to an activating group) is 1. The molecule has 0 aromatic heterocycles. The highest BCUT2D eigenvalue weighted by Gasteiger charge is 2.23. The topological polar surface area (TPSA) is 108 Å². The van der Waals surface area contributed by atoms with Crippen LogP contribution in [0.4, 0.5) is 0 Å². The number of aliphatic hydroxyl groups is 1. The molecule has 0 aliphatic rings. The molecule has 0 aliphatic carbocycles. The van der Waals surface area contributed by atoms with Gasteiger partial charge in [-0.3, -0.25) is 9.36 Å². The maximum Gasteiger partial charge on any atom is 0.268 e. The zero-order valence-corrected chi connectivity index (χ0v) is 35.9. The van der Waals surface area contributed by atoms with Crippen molar-refractivity contribution in [2.24, 2.45) is 0 Å². The number of allylic oxidation sites excluding steroid dienone is 1. The molecule has 3 atom stereocenters. The lowest BCUT2D eigenvalue weighted by molar-refractivity contribution is -0.870. The molecular formula is C43H87N2O6P. The van der Waals surface area contributed by atoms with Crippen LogP contribution in [-0.4, -0.2) is 68.5 Å². The Morgan fingerprint density at radius 2 is 1.04 bits per heavy atom. The maximum absolute atomic E-state index is 12.2. The fourth-order valence-corrected chi connectivity index (χ4v) is 7.21. The summed E-state index contributed by atoms with van der Waals surface area (Å²) in [5.41, 5.74) is 0. The van der Waals surface area contributed by atoms with Gasteiger partial charge in [0.1, 0.15) is 13.2 Å². The lowest BCUT2D eigenvalue weighted by Gasteiger charge is -2.29. The molecule has 52 heavy (non-hydrogen) atoms. The third kappa shape index (κ3) is 37.6. The van der Waals surface area contributed by atoms with Gasteiger partial charge in [0, 0.05) is 6.42 Å². The minimum absolute atomic E-state index is 0.000748. The second-order valence-electron chi connectivity index (χ2n) is 16.4. The lowest BCUT2D eigenvalue weighted by atomic mass is 10.0. The van der Waals surface area contributed by atoms with Gasteiger partial charge in [-0.1, -0.05) is 193 Å². The van der Waals surface area contributed by atoms with Crippen molar-refractivity contribution in [3.63, 3.8) is 0 Å². The van der Waals surface area contributed by atoms with Crippen molar-refractivity contribution in [3.8, 4) is 0 Å². The summed E-state index contributed by atoms with van der Waals surface area (Å²) in [5, 5.41) is 13.4. The van der Waals surface area contributed by atoms with Crippen LogP contribution in [0.1, 0.15) is 206 Å². The molecule has 0 saturated heterocycles. The average Bonchev–Trinajstić information content (AvgIpc) is 3.08. The molecule has 310 valence electrons. The number of nitrogens with one attached hydrogen (secondary N) is 1. The Balaban J connectivity index is 3.74. The summed E-state index contributed by atoms with van der Waals surface area (Å²) in [7, 11) is 1.26. The van der Waals surface area contributed by atoms with Gasteiger partial charge in [-0.25, -0.2) is 0 Å². The van der Waals surface area contributed by atoms with Crippen LogP contribution in [0.3, 0.4) is 0 Å². The lowest BCUT2D eigenvalue weighted by Crippen LogP contribution is -2.45. The number of carbonyl (C=O) groups excluding carboxylic acids is 1. The summed E-state index contributed by atoms with van der Waals surface area (Å²) < 4.78 is 22.8. The van der Waals surface area contributed by atoms with Crippen molar-refractivity contribution in [1.29, 1.82) is 0 Å². The Morgan fingerprint density at radius 3 is 1.40 bits per heavy atom. The first-order chi connectivity index (χ1) is 25.0. The molecule has 8 nitrogen and oxygen atoms in total. The number of phosphoric acid groups is 1. The van der Waals surface area contributed by atoms with E-state index in [0.29, 0.717) is 23.9 Å². The van der Waals surface area contributed by atoms with Gasteiger partial charge in [-0.15, -0.1) is 0 Å². The summed E-state index contributed by atoms with van der Waals surface area (Å²) in [6, 6.07) is -0.877. The largest absolute Gasteiger partial charge is 0.756 e. The van der Waals surface area contributed by atoms with E-state index in [1.54, 1.807) is 6.08 Å². The van der Waals surface area contributed by atoms with Crippen molar-refractivity contribution in [2.75, 3.05) is 40.9 Å². The molecule has 3 unspecified atom stereocenters. The number of quaternary nitrogens is 1. The van der Waals surface area contributed by atoms with E-state index in [1.807, 2.05) is 34.1 Å². The summed E-state index contributed by atoms with van der Waals surface area (Å²) >= 11 is 0. The van der Waals surface area contributed by atoms with Crippen LogP contribution in [0.5, 0.6) is 0 Å². The quantitative estimate of drug-likeness (QED) is 0.0279. The molecule has 1 amide bonds. The highest BCUT2D eigenvalue weighted by atomic mass is 31.2. The number of carbonyl (C=O) groups is 1. The highest BCUT2D eigenvalue weighted by Crippen LogP contribution is 2.38.